The standard InChI is InChI=1S/C12H13NO2S/c1-8-12(9(2)15-13-8)7-16-11-5-3-4-10(14)6-11/h3-6,14H,7H2,1-2H3. The Bertz CT molecular complexity index is 474. The van der Waals surface area contributed by atoms with Gasteiger partial charge in [0.25, 0.3) is 0 Å². The molecule has 0 unspecified atom stereocenters. The maximum Gasteiger partial charge on any atom is 0.137 e. The molecule has 0 aliphatic rings. The number of benzene rings is 1. The fraction of sp³-hybridized carbons (Fsp3) is 0.250. The van der Waals surface area contributed by atoms with Gasteiger partial charge in [0.05, 0.1) is 5.69 Å². The van der Waals surface area contributed by atoms with Crippen LogP contribution >= 0.6 is 11.8 Å². The zero-order valence-corrected chi connectivity index (χ0v) is 10.0. The number of thioether (sulfide) groups is 1. The van der Waals surface area contributed by atoms with Crippen molar-refractivity contribution in [3.05, 3.63) is 41.3 Å². The fourth-order valence-electron chi connectivity index (χ4n) is 1.44. The first kappa shape index (κ1) is 11.1. The van der Waals surface area contributed by atoms with Crippen LogP contribution in [0.25, 0.3) is 0 Å². The minimum absolute atomic E-state index is 0.295. The molecule has 0 bridgehead atoms. The lowest BCUT2D eigenvalue weighted by Gasteiger charge is -2.01. The Balaban J connectivity index is 2.08. The minimum atomic E-state index is 0.295. The van der Waals surface area contributed by atoms with E-state index in [1.165, 1.54) is 0 Å². The van der Waals surface area contributed by atoms with Gasteiger partial charge in [-0.05, 0) is 32.0 Å². The summed E-state index contributed by atoms with van der Waals surface area (Å²) in [5.74, 6) is 1.97. The third-order valence-corrected chi connectivity index (χ3v) is 3.40. The second-order valence-corrected chi connectivity index (χ2v) is 4.64. The molecule has 0 saturated carbocycles. The molecule has 0 saturated heterocycles. The van der Waals surface area contributed by atoms with Gasteiger partial charge in [-0.3, -0.25) is 0 Å². The highest BCUT2D eigenvalue weighted by molar-refractivity contribution is 7.98. The Kier molecular flexibility index (Phi) is 3.19. The van der Waals surface area contributed by atoms with Crippen molar-refractivity contribution < 1.29 is 9.63 Å². The molecule has 0 fully saturated rings. The molecule has 1 aromatic carbocycles. The van der Waals surface area contributed by atoms with Crippen LogP contribution in [-0.4, -0.2) is 10.3 Å². The van der Waals surface area contributed by atoms with Crippen molar-refractivity contribution in [2.24, 2.45) is 0 Å². The molecule has 3 nitrogen and oxygen atoms in total. The van der Waals surface area contributed by atoms with Crippen LogP contribution in [0.1, 0.15) is 17.0 Å². The van der Waals surface area contributed by atoms with Crippen molar-refractivity contribution in [1.29, 1.82) is 0 Å². The highest BCUT2D eigenvalue weighted by Crippen LogP contribution is 2.27. The van der Waals surface area contributed by atoms with Crippen LogP contribution in [-0.2, 0) is 5.75 Å². The summed E-state index contributed by atoms with van der Waals surface area (Å²) in [5, 5.41) is 13.2. The van der Waals surface area contributed by atoms with Crippen molar-refractivity contribution in [1.82, 2.24) is 5.16 Å². The number of phenols is 1. The predicted molar refractivity (Wildman–Crippen MR) is 63.6 cm³/mol. The first-order chi connectivity index (χ1) is 7.66. The molecule has 0 amide bonds. The lowest BCUT2D eigenvalue weighted by molar-refractivity contribution is 0.392. The topological polar surface area (TPSA) is 46.3 Å². The molecule has 1 heterocycles. The molecule has 4 heteroatoms. The van der Waals surface area contributed by atoms with Gasteiger partial charge in [-0.1, -0.05) is 11.2 Å². The van der Waals surface area contributed by atoms with Gasteiger partial charge in [-0.2, -0.15) is 0 Å². The summed E-state index contributed by atoms with van der Waals surface area (Å²) in [6.07, 6.45) is 0. The van der Waals surface area contributed by atoms with Gasteiger partial charge in [0.1, 0.15) is 11.5 Å². The first-order valence-corrected chi connectivity index (χ1v) is 5.99. The predicted octanol–water partition coefficient (Wildman–Crippen LogP) is 3.29. The Morgan fingerprint density at radius 3 is 2.81 bits per heavy atom. The van der Waals surface area contributed by atoms with E-state index < -0.39 is 0 Å². The van der Waals surface area contributed by atoms with E-state index in [0.29, 0.717) is 5.75 Å². The van der Waals surface area contributed by atoms with Crippen LogP contribution in [0, 0.1) is 13.8 Å². The van der Waals surface area contributed by atoms with E-state index in [4.69, 9.17) is 4.52 Å². The molecule has 84 valence electrons. The van der Waals surface area contributed by atoms with Crippen molar-refractivity contribution >= 4 is 11.8 Å². The SMILES string of the molecule is Cc1noc(C)c1CSc1cccc(O)c1. The van der Waals surface area contributed by atoms with Gasteiger partial charge in [0, 0.05) is 16.2 Å². The summed E-state index contributed by atoms with van der Waals surface area (Å²) >= 11 is 1.66. The van der Waals surface area contributed by atoms with E-state index in [0.717, 1.165) is 27.7 Å². The molecule has 16 heavy (non-hydrogen) atoms. The molecule has 1 aromatic heterocycles. The Hall–Kier alpha value is -1.42. The Morgan fingerprint density at radius 2 is 2.19 bits per heavy atom. The lowest BCUT2D eigenvalue weighted by Crippen LogP contribution is -1.84. The molecular formula is C12H13NO2S. The zero-order valence-electron chi connectivity index (χ0n) is 9.23. The van der Waals surface area contributed by atoms with Crippen LogP contribution in [0.5, 0.6) is 5.75 Å². The molecule has 2 aromatic rings. The number of aryl methyl sites for hydroxylation is 2. The van der Waals surface area contributed by atoms with Crippen LogP contribution in [0.4, 0.5) is 0 Å². The van der Waals surface area contributed by atoms with E-state index in [1.54, 1.807) is 23.9 Å². The number of nitrogens with zero attached hydrogens (tertiary/aromatic N) is 1. The fourth-order valence-corrected chi connectivity index (χ4v) is 2.54. The third-order valence-electron chi connectivity index (χ3n) is 2.38. The van der Waals surface area contributed by atoms with Gasteiger partial charge < -0.3 is 9.63 Å². The van der Waals surface area contributed by atoms with Crippen LogP contribution < -0.4 is 0 Å². The van der Waals surface area contributed by atoms with Crippen molar-refractivity contribution in [2.45, 2.75) is 24.5 Å². The summed E-state index contributed by atoms with van der Waals surface area (Å²) < 4.78 is 5.09. The molecular weight excluding hydrogens is 222 g/mol. The number of phenolic OH excluding ortho intramolecular Hbond substituents is 1. The molecule has 0 spiro atoms. The van der Waals surface area contributed by atoms with Crippen molar-refractivity contribution in [3.8, 4) is 5.75 Å². The molecule has 0 aliphatic heterocycles. The summed E-state index contributed by atoms with van der Waals surface area (Å²) in [6.45, 7) is 3.85. The van der Waals surface area contributed by atoms with E-state index in [-0.39, 0.29) is 0 Å². The largest absolute Gasteiger partial charge is 0.508 e. The Morgan fingerprint density at radius 1 is 1.38 bits per heavy atom. The van der Waals surface area contributed by atoms with Gasteiger partial charge in [-0.15, -0.1) is 11.8 Å². The van der Waals surface area contributed by atoms with E-state index in [9.17, 15) is 5.11 Å². The highest BCUT2D eigenvalue weighted by Gasteiger charge is 2.09. The average molecular weight is 235 g/mol. The maximum atomic E-state index is 9.34. The lowest BCUT2D eigenvalue weighted by atomic mass is 10.2. The highest BCUT2D eigenvalue weighted by atomic mass is 32.2. The number of hydrogen-bond acceptors (Lipinski definition) is 4. The number of aromatic hydroxyl groups is 1. The zero-order chi connectivity index (χ0) is 11.5. The van der Waals surface area contributed by atoms with E-state index in [1.807, 2.05) is 26.0 Å². The quantitative estimate of drug-likeness (QED) is 0.829. The monoisotopic (exact) mass is 235 g/mol. The second kappa shape index (κ2) is 4.61. The van der Waals surface area contributed by atoms with E-state index in [2.05, 4.69) is 5.16 Å². The van der Waals surface area contributed by atoms with Crippen molar-refractivity contribution in [3.63, 3.8) is 0 Å². The molecule has 0 radical (unpaired) electrons. The molecule has 0 atom stereocenters. The summed E-state index contributed by atoms with van der Waals surface area (Å²) in [4.78, 5) is 1.04. The minimum Gasteiger partial charge on any atom is -0.508 e. The maximum absolute atomic E-state index is 9.34. The van der Waals surface area contributed by atoms with Crippen LogP contribution in [0.3, 0.4) is 0 Å². The van der Waals surface area contributed by atoms with Gasteiger partial charge in [0.2, 0.25) is 0 Å². The van der Waals surface area contributed by atoms with Gasteiger partial charge >= 0.3 is 0 Å². The van der Waals surface area contributed by atoms with Crippen molar-refractivity contribution in [2.75, 3.05) is 0 Å². The molecule has 1 N–H and O–H groups in total. The second-order valence-electron chi connectivity index (χ2n) is 3.59. The average Bonchev–Trinajstić information content (AvgIpc) is 2.56. The number of aromatic nitrogens is 1. The summed E-state index contributed by atoms with van der Waals surface area (Å²) in [7, 11) is 0. The summed E-state index contributed by atoms with van der Waals surface area (Å²) in [6, 6.07) is 7.23. The number of hydrogen-bond donors (Lipinski definition) is 1. The number of rotatable bonds is 3. The smallest absolute Gasteiger partial charge is 0.137 e. The van der Waals surface area contributed by atoms with Crippen LogP contribution in [0.15, 0.2) is 33.7 Å². The van der Waals surface area contributed by atoms with Crippen LogP contribution in [0.2, 0.25) is 0 Å². The third kappa shape index (κ3) is 2.39. The summed E-state index contributed by atoms with van der Waals surface area (Å²) in [5.41, 5.74) is 2.07. The molecule has 2 rings (SSSR count). The van der Waals surface area contributed by atoms with Gasteiger partial charge in [0.15, 0.2) is 0 Å². The Labute approximate surface area is 98.5 Å². The first-order valence-electron chi connectivity index (χ1n) is 5.00. The normalized spacial score (nSPS) is 10.6. The van der Waals surface area contributed by atoms with E-state index >= 15 is 0 Å². The molecule has 0 aliphatic carbocycles. The van der Waals surface area contributed by atoms with Gasteiger partial charge in [-0.25, -0.2) is 0 Å².